The van der Waals surface area contributed by atoms with Gasteiger partial charge in [-0.05, 0) is 24.8 Å². The Kier molecular flexibility index (Phi) is 5.71. The van der Waals surface area contributed by atoms with Crippen molar-refractivity contribution < 1.29 is 9.53 Å². The Balaban J connectivity index is 2.31. The Labute approximate surface area is 91.3 Å². The number of hydrogen-bond acceptors (Lipinski definition) is 2. The fourth-order valence-corrected chi connectivity index (χ4v) is 1.51. The molecule has 1 aromatic carbocycles. The average molecular weight is 205 g/mol. The molecule has 0 saturated heterocycles. The molecule has 1 atom stereocenters. The quantitative estimate of drug-likeness (QED) is 0.683. The summed E-state index contributed by atoms with van der Waals surface area (Å²) in [6, 6.07) is 10.2. The molecule has 1 radical (unpaired) electrons. The first-order valence-corrected chi connectivity index (χ1v) is 5.27. The molecule has 0 spiro atoms. The zero-order valence-electron chi connectivity index (χ0n) is 9.11. The third-order valence-corrected chi connectivity index (χ3v) is 2.46. The average Bonchev–Trinajstić information content (AvgIpc) is 2.31. The number of aryl methyl sites for hydroxylation is 1. The molecule has 0 aromatic heterocycles. The zero-order valence-corrected chi connectivity index (χ0v) is 9.11. The minimum Gasteiger partial charge on any atom is -0.385 e. The second-order valence-corrected chi connectivity index (χ2v) is 3.62. The van der Waals surface area contributed by atoms with Crippen LogP contribution in [-0.2, 0) is 16.0 Å². The molecule has 15 heavy (non-hydrogen) atoms. The summed E-state index contributed by atoms with van der Waals surface area (Å²) in [5, 5.41) is 0. The first-order valence-electron chi connectivity index (χ1n) is 5.27. The molecule has 1 unspecified atom stereocenters. The van der Waals surface area contributed by atoms with Crippen LogP contribution >= 0.6 is 0 Å². The van der Waals surface area contributed by atoms with E-state index in [0.717, 1.165) is 19.3 Å². The molecular weight excluding hydrogens is 188 g/mol. The first-order chi connectivity index (χ1) is 7.36. The lowest BCUT2D eigenvalue weighted by Crippen LogP contribution is -2.07. The predicted octanol–water partition coefficient (Wildman–Crippen LogP) is 2.38. The number of hydrogen-bond donors (Lipinski definition) is 0. The maximum atomic E-state index is 10.7. The van der Waals surface area contributed by atoms with Gasteiger partial charge in [0.15, 0.2) is 0 Å². The molecule has 0 fully saturated rings. The van der Waals surface area contributed by atoms with Crippen LogP contribution in [0, 0.1) is 5.92 Å². The predicted molar refractivity (Wildman–Crippen MR) is 60.4 cm³/mol. The number of rotatable bonds is 7. The summed E-state index contributed by atoms with van der Waals surface area (Å²) < 4.78 is 4.95. The van der Waals surface area contributed by atoms with Gasteiger partial charge in [0, 0.05) is 19.6 Å². The smallest absolute Gasteiger partial charge is 0.201 e. The van der Waals surface area contributed by atoms with Crippen LogP contribution in [0.15, 0.2) is 30.3 Å². The molecule has 0 saturated carbocycles. The third kappa shape index (κ3) is 4.75. The van der Waals surface area contributed by atoms with Crippen LogP contribution in [-0.4, -0.2) is 20.0 Å². The van der Waals surface area contributed by atoms with Crippen molar-refractivity contribution in [1.82, 2.24) is 0 Å². The van der Waals surface area contributed by atoms with Crippen molar-refractivity contribution in [2.45, 2.75) is 19.3 Å². The Morgan fingerprint density at radius 1 is 1.27 bits per heavy atom. The summed E-state index contributed by atoms with van der Waals surface area (Å²) in [6.45, 7) is 0.634. The molecule has 0 amide bonds. The van der Waals surface area contributed by atoms with Gasteiger partial charge in [-0.1, -0.05) is 30.3 Å². The van der Waals surface area contributed by atoms with Crippen LogP contribution in [0.3, 0.4) is 0 Å². The van der Waals surface area contributed by atoms with E-state index < -0.39 is 0 Å². The van der Waals surface area contributed by atoms with Crippen molar-refractivity contribution in [2.24, 2.45) is 5.92 Å². The van der Waals surface area contributed by atoms with E-state index in [1.54, 1.807) is 7.11 Å². The van der Waals surface area contributed by atoms with Gasteiger partial charge in [0.25, 0.3) is 0 Å². The highest BCUT2D eigenvalue weighted by atomic mass is 16.5. The highest BCUT2D eigenvalue weighted by molar-refractivity contribution is 5.54. The molecule has 0 heterocycles. The monoisotopic (exact) mass is 205 g/mol. The molecular formula is C13H17O2. The lowest BCUT2D eigenvalue weighted by molar-refractivity contribution is 0.184. The van der Waals surface area contributed by atoms with Crippen molar-refractivity contribution in [3.05, 3.63) is 35.9 Å². The summed E-state index contributed by atoms with van der Waals surface area (Å²) >= 11 is 0. The maximum Gasteiger partial charge on any atom is 0.201 e. The summed E-state index contributed by atoms with van der Waals surface area (Å²) in [4.78, 5) is 10.7. The lowest BCUT2D eigenvalue weighted by Gasteiger charge is -2.08. The highest BCUT2D eigenvalue weighted by Crippen LogP contribution is 2.11. The summed E-state index contributed by atoms with van der Waals surface area (Å²) in [7, 11) is 1.65. The van der Waals surface area contributed by atoms with E-state index in [9.17, 15) is 4.79 Å². The minimum absolute atomic E-state index is 0.00477. The van der Waals surface area contributed by atoms with Gasteiger partial charge in [0.05, 0.1) is 0 Å². The SMILES string of the molecule is COCCC([C]=O)CCc1ccccc1. The van der Waals surface area contributed by atoms with E-state index in [4.69, 9.17) is 4.74 Å². The number of carbonyl (C=O) groups excluding carboxylic acids is 1. The van der Waals surface area contributed by atoms with Crippen molar-refractivity contribution >= 4 is 6.29 Å². The summed E-state index contributed by atoms with van der Waals surface area (Å²) in [5.74, 6) is 0.00477. The molecule has 0 N–H and O–H groups in total. The molecule has 1 rings (SSSR count). The van der Waals surface area contributed by atoms with Crippen LogP contribution in [0.2, 0.25) is 0 Å². The molecule has 2 nitrogen and oxygen atoms in total. The molecule has 0 aliphatic carbocycles. The van der Waals surface area contributed by atoms with Gasteiger partial charge in [0.1, 0.15) is 0 Å². The standard InChI is InChI=1S/C13H17O2/c1-15-10-9-13(11-14)8-7-12-5-3-2-4-6-12/h2-6,13H,7-10H2,1H3. The van der Waals surface area contributed by atoms with Gasteiger partial charge in [0.2, 0.25) is 6.29 Å². The van der Waals surface area contributed by atoms with E-state index in [1.165, 1.54) is 5.56 Å². The maximum absolute atomic E-state index is 10.7. The van der Waals surface area contributed by atoms with Gasteiger partial charge >= 0.3 is 0 Å². The van der Waals surface area contributed by atoms with Crippen molar-refractivity contribution in [2.75, 3.05) is 13.7 Å². The topological polar surface area (TPSA) is 26.3 Å². The Morgan fingerprint density at radius 3 is 2.60 bits per heavy atom. The lowest BCUT2D eigenvalue weighted by atomic mass is 9.98. The van der Waals surface area contributed by atoms with Gasteiger partial charge in [-0.2, -0.15) is 0 Å². The van der Waals surface area contributed by atoms with E-state index in [0.29, 0.717) is 6.61 Å². The van der Waals surface area contributed by atoms with Crippen molar-refractivity contribution in [3.8, 4) is 0 Å². The van der Waals surface area contributed by atoms with E-state index in [-0.39, 0.29) is 5.92 Å². The molecule has 0 bridgehead atoms. The number of ether oxygens (including phenoxy) is 1. The number of benzene rings is 1. The first kappa shape index (κ1) is 11.9. The molecule has 1 aromatic rings. The Hall–Kier alpha value is -1.15. The van der Waals surface area contributed by atoms with Gasteiger partial charge in [-0.3, -0.25) is 4.79 Å². The van der Waals surface area contributed by atoms with E-state index >= 15 is 0 Å². The molecule has 81 valence electrons. The minimum atomic E-state index is 0.00477. The van der Waals surface area contributed by atoms with Crippen LogP contribution in [0.1, 0.15) is 18.4 Å². The van der Waals surface area contributed by atoms with Crippen molar-refractivity contribution in [1.29, 1.82) is 0 Å². The van der Waals surface area contributed by atoms with Crippen LogP contribution in [0.4, 0.5) is 0 Å². The van der Waals surface area contributed by atoms with E-state index in [2.05, 4.69) is 18.4 Å². The van der Waals surface area contributed by atoms with Crippen molar-refractivity contribution in [3.63, 3.8) is 0 Å². The zero-order chi connectivity index (χ0) is 10.9. The van der Waals surface area contributed by atoms with Gasteiger partial charge in [-0.25, -0.2) is 0 Å². The van der Waals surface area contributed by atoms with Crippen LogP contribution < -0.4 is 0 Å². The van der Waals surface area contributed by atoms with Crippen LogP contribution in [0.5, 0.6) is 0 Å². The van der Waals surface area contributed by atoms with Crippen LogP contribution in [0.25, 0.3) is 0 Å². The fourth-order valence-electron chi connectivity index (χ4n) is 1.51. The largest absolute Gasteiger partial charge is 0.385 e. The normalized spacial score (nSPS) is 12.3. The third-order valence-electron chi connectivity index (χ3n) is 2.46. The van der Waals surface area contributed by atoms with Gasteiger partial charge in [-0.15, -0.1) is 0 Å². The summed E-state index contributed by atoms with van der Waals surface area (Å²) in [6.07, 6.45) is 4.64. The molecule has 2 heteroatoms. The second-order valence-electron chi connectivity index (χ2n) is 3.62. The van der Waals surface area contributed by atoms with E-state index in [1.807, 2.05) is 18.2 Å². The Bertz CT molecular complexity index is 269. The number of methoxy groups -OCH3 is 1. The van der Waals surface area contributed by atoms with Gasteiger partial charge < -0.3 is 4.74 Å². The second kappa shape index (κ2) is 7.18. The fraction of sp³-hybridized carbons (Fsp3) is 0.462. The highest BCUT2D eigenvalue weighted by Gasteiger charge is 2.08. The Morgan fingerprint density at radius 2 is 2.00 bits per heavy atom. The summed E-state index contributed by atoms with van der Waals surface area (Å²) in [5.41, 5.74) is 1.27. The molecule has 0 aliphatic heterocycles. The molecule has 0 aliphatic rings.